The maximum atomic E-state index is 5.91. The summed E-state index contributed by atoms with van der Waals surface area (Å²) in [6, 6.07) is 0. The molecule has 1 heteroatoms. The van der Waals surface area contributed by atoms with Gasteiger partial charge < -0.3 is 4.74 Å². The van der Waals surface area contributed by atoms with E-state index in [1.165, 1.54) is 109 Å². The lowest BCUT2D eigenvalue weighted by atomic mass is 9.75. The Kier molecular flexibility index (Phi) is 12.0. The van der Waals surface area contributed by atoms with Crippen LogP contribution < -0.4 is 0 Å². The van der Waals surface area contributed by atoms with Crippen molar-refractivity contribution < 1.29 is 4.74 Å². The van der Waals surface area contributed by atoms with Crippen LogP contribution in [0, 0.1) is 23.7 Å². The van der Waals surface area contributed by atoms with Crippen molar-refractivity contribution in [1.82, 2.24) is 0 Å². The van der Waals surface area contributed by atoms with E-state index in [-0.39, 0.29) is 0 Å². The van der Waals surface area contributed by atoms with E-state index >= 15 is 0 Å². The first-order valence-electron chi connectivity index (χ1n) is 12.4. The summed E-state index contributed by atoms with van der Waals surface area (Å²) >= 11 is 0. The predicted octanol–water partition coefficient (Wildman–Crippen LogP) is 8.17. The van der Waals surface area contributed by atoms with Crippen LogP contribution in [0.25, 0.3) is 0 Å². The van der Waals surface area contributed by atoms with Gasteiger partial charge in [0.15, 0.2) is 0 Å². The molecule has 1 nitrogen and oxygen atoms in total. The maximum absolute atomic E-state index is 5.91. The topological polar surface area (TPSA) is 9.23 Å². The Morgan fingerprint density at radius 2 is 1.00 bits per heavy atom. The highest BCUT2D eigenvalue weighted by atomic mass is 16.5. The second-order valence-electron chi connectivity index (χ2n) is 9.63. The molecule has 0 unspecified atom stereocenters. The number of hydrogen-bond donors (Lipinski definition) is 0. The lowest BCUT2D eigenvalue weighted by Crippen LogP contribution is -2.20. The minimum Gasteiger partial charge on any atom is -0.381 e. The monoisotopic (exact) mass is 364 g/mol. The molecule has 154 valence electrons. The first kappa shape index (κ1) is 22.3. The molecule has 26 heavy (non-hydrogen) atoms. The standard InChI is InChI=1S/C25H48O/c1-3-5-7-9-22-10-12-23(13-11-22)14-15-24-16-18-25(19-17-24)21-26-20-8-6-4-2/h22-25H,3-21H2,1-2H3. The van der Waals surface area contributed by atoms with Crippen LogP contribution in [-0.4, -0.2) is 13.2 Å². The van der Waals surface area contributed by atoms with Gasteiger partial charge in [-0.1, -0.05) is 104 Å². The molecule has 0 radical (unpaired) electrons. The van der Waals surface area contributed by atoms with Gasteiger partial charge in [0.2, 0.25) is 0 Å². The molecule has 0 aromatic heterocycles. The summed E-state index contributed by atoms with van der Waals surface area (Å²) in [5, 5.41) is 0. The molecule has 0 saturated heterocycles. The van der Waals surface area contributed by atoms with Gasteiger partial charge in [-0.3, -0.25) is 0 Å². The Bertz CT molecular complexity index is 310. The quantitative estimate of drug-likeness (QED) is 0.299. The third-order valence-electron chi connectivity index (χ3n) is 7.38. The minimum absolute atomic E-state index is 0.867. The van der Waals surface area contributed by atoms with Gasteiger partial charge in [0.1, 0.15) is 0 Å². The molecule has 0 spiro atoms. The largest absolute Gasteiger partial charge is 0.381 e. The average molecular weight is 365 g/mol. The molecule has 0 atom stereocenters. The highest BCUT2D eigenvalue weighted by Crippen LogP contribution is 2.37. The van der Waals surface area contributed by atoms with E-state index in [4.69, 9.17) is 4.74 Å². The zero-order valence-electron chi connectivity index (χ0n) is 18.2. The second kappa shape index (κ2) is 14.0. The summed E-state index contributed by atoms with van der Waals surface area (Å²) in [7, 11) is 0. The highest BCUT2D eigenvalue weighted by Gasteiger charge is 2.24. The van der Waals surface area contributed by atoms with Gasteiger partial charge in [-0.25, -0.2) is 0 Å². The minimum atomic E-state index is 0.867. The molecule has 0 N–H and O–H groups in total. The van der Waals surface area contributed by atoms with Crippen molar-refractivity contribution in [3.8, 4) is 0 Å². The van der Waals surface area contributed by atoms with Crippen LogP contribution in [0.3, 0.4) is 0 Å². The van der Waals surface area contributed by atoms with Crippen molar-refractivity contribution >= 4 is 0 Å². The fraction of sp³-hybridized carbons (Fsp3) is 1.00. The van der Waals surface area contributed by atoms with Crippen LogP contribution in [0.5, 0.6) is 0 Å². The van der Waals surface area contributed by atoms with E-state index in [1.54, 1.807) is 0 Å². The Morgan fingerprint density at radius 1 is 0.538 bits per heavy atom. The SMILES string of the molecule is CCCCCOCC1CCC(CCC2CCC(CCCCC)CC2)CC1. The van der Waals surface area contributed by atoms with Crippen molar-refractivity contribution in [2.75, 3.05) is 13.2 Å². The van der Waals surface area contributed by atoms with Crippen LogP contribution >= 0.6 is 0 Å². The molecular weight excluding hydrogens is 316 g/mol. The van der Waals surface area contributed by atoms with E-state index in [0.29, 0.717) is 0 Å². The van der Waals surface area contributed by atoms with Crippen LogP contribution in [0.15, 0.2) is 0 Å². The van der Waals surface area contributed by atoms with E-state index in [0.717, 1.165) is 36.9 Å². The Hall–Kier alpha value is -0.0400. The summed E-state index contributed by atoms with van der Waals surface area (Å²) in [6.07, 6.45) is 24.8. The summed E-state index contributed by atoms with van der Waals surface area (Å²) in [4.78, 5) is 0. The third kappa shape index (κ3) is 9.25. The zero-order chi connectivity index (χ0) is 18.5. The van der Waals surface area contributed by atoms with Crippen LogP contribution in [0.4, 0.5) is 0 Å². The van der Waals surface area contributed by atoms with Gasteiger partial charge in [0.05, 0.1) is 0 Å². The fourth-order valence-electron chi connectivity index (χ4n) is 5.35. The molecule has 2 saturated carbocycles. The smallest absolute Gasteiger partial charge is 0.0494 e. The summed E-state index contributed by atoms with van der Waals surface area (Å²) < 4.78 is 5.91. The van der Waals surface area contributed by atoms with Crippen molar-refractivity contribution in [1.29, 1.82) is 0 Å². The van der Waals surface area contributed by atoms with Gasteiger partial charge in [-0.15, -0.1) is 0 Å². The molecule has 2 aliphatic rings. The number of unbranched alkanes of at least 4 members (excludes halogenated alkanes) is 4. The van der Waals surface area contributed by atoms with Crippen molar-refractivity contribution in [3.63, 3.8) is 0 Å². The Labute approximate surface area is 165 Å². The Morgan fingerprint density at radius 3 is 1.54 bits per heavy atom. The first-order valence-corrected chi connectivity index (χ1v) is 12.4. The molecule has 0 aromatic rings. The zero-order valence-corrected chi connectivity index (χ0v) is 18.2. The average Bonchev–Trinajstić information content (AvgIpc) is 2.68. The van der Waals surface area contributed by atoms with Crippen molar-refractivity contribution in [3.05, 3.63) is 0 Å². The van der Waals surface area contributed by atoms with Crippen LogP contribution in [0.1, 0.15) is 123 Å². The summed E-state index contributed by atoms with van der Waals surface area (Å²) in [5.74, 6) is 4.04. The van der Waals surface area contributed by atoms with Gasteiger partial charge in [-0.05, 0) is 42.9 Å². The van der Waals surface area contributed by atoms with Crippen molar-refractivity contribution in [2.45, 2.75) is 123 Å². The highest BCUT2D eigenvalue weighted by molar-refractivity contribution is 4.77. The maximum Gasteiger partial charge on any atom is 0.0494 e. The number of rotatable bonds is 13. The van der Waals surface area contributed by atoms with Crippen LogP contribution in [0.2, 0.25) is 0 Å². The van der Waals surface area contributed by atoms with Crippen molar-refractivity contribution in [2.24, 2.45) is 23.7 Å². The van der Waals surface area contributed by atoms with E-state index in [1.807, 2.05) is 0 Å². The molecule has 2 rings (SSSR count). The summed E-state index contributed by atoms with van der Waals surface area (Å²) in [6.45, 7) is 6.62. The first-order chi connectivity index (χ1) is 12.8. The molecule has 0 aliphatic heterocycles. The molecule has 0 aromatic carbocycles. The molecular formula is C25H48O. The number of hydrogen-bond acceptors (Lipinski definition) is 1. The second-order valence-corrected chi connectivity index (χ2v) is 9.63. The molecule has 0 heterocycles. The predicted molar refractivity (Wildman–Crippen MR) is 115 cm³/mol. The summed E-state index contributed by atoms with van der Waals surface area (Å²) in [5.41, 5.74) is 0. The normalized spacial score (nSPS) is 29.8. The van der Waals surface area contributed by atoms with Gasteiger partial charge >= 0.3 is 0 Å². The van der Waals surface area contributed by atoms with Gasteiger partial charge in [-0.2, -0.15) is 0 Å². The van der Waals surface area contributed by atoms with E-state index in [9.17, 15) is 0 Å². The third-order valence-corrected chi connectivity index (χ3v) is 7.38. The lowest BCUT2D eigenvalue weighted by molar-refractivity contribution is 0.0736. The Balaban J connectivity index is 1.46. The molecule has 2 aliphatic carbocycles. The number of ether oxygens (including phenoxy) is 1. The van der Waals surface area contributed by atoms with E-state index in [2.05, 4.69) is 13.8 Å². The van der Waals surface area contributed by atoms with Gasteiger partial charge in [0.25, 0.3) is 0 Å². The fourth-order valence-corrected chi connectivity index (χ4v) is 5.35. The molecule has 2 fully saturated rings. The van der Waals surface area contributed by atoms with Gasteiger partial charge in [0, 0.05) is 13.2 Å². The van der Waals surface area contributed by atoms with Crippen LogP contribution in [-0.2, 0) is 4.74 Å². The molecule has 0 bridgehead atoms. The molecule has 0 amide bonds. The lowest BCUT2D eigenvalue weighted by Gasteiger charge is -2.32. The van der Waals surface area contributed by atoms with E-state index < -0.39 is 0 Å².